The summed E-state index contributed by atoms with van der Waals surface area (Å²) in [5, 5.41) is 2.81. The number of hydrogen-bond acceptors (Lipinski definition) is 1. The molecule has 12 heavy (non-hydrogen) atoms. The van der Waals surface area contributed by atoms with Crippen LogP contribution in [0.3, 0.4) is 0 Å². The van der Waals surface area contributed by atoms with Crippen molar-refractivity contribution in [3.63, 3.8) is 0 Å². The summed E-state index contributed by atoms with van der Waals surface area (Å²) in [6, 6.07) is 0. The molecule has 0 saturated heterocycles. The molecule has 68 valence electrons. The van der Waals surface area contributed by atoms with Crippen molar-refractivity contribution in [2.75, 3.05) is 0 Å². The lowest BCUT2D eigenvalue weighted by atomic mass is 10.1. The van der Waals surface area contributed by atoms with Gasteiger partial charge in [-0.2, -0.15) is 0 Å². The van der Waals surface area contributed by atoms with Crippen LogP contribution in [0.4, 0.5) is 0 Å². The maximum absolute atomic E-state index is 11.1. The average molecular weight is 167 g/mol. The van der Waals surface area contributed by atoms with Crippen LogP contribution in [0.25, 0.3) is 0 Å². The highest BCUT2D eigenvalue weighted by atomic mass is 16.1. The molecule has 0 atom stereocenters. The van der Waals surface area contributed by atoms with Gasteiger partial charge in [0.05, 0.1) is 0 Å². The third kappa shape index (κ3) is 7.06. The van der Waals surface area contributed by atoms with Crippen LogP contribution in [-0.2, 0) is 4.79 Å². The fourth-order valence-electron chi connectivity index (χ4n) is 0.629. The molecule has 1 N–H and O–H groups in total. The minimum absolute atomic E-state index is 0.0782. The third-order valence-electron chi connectivity index (χ3n) is 1.02. The first-order valence-corrected chi connectivity index (χ1v) is 3.97. The average Bonchev–Trinajstić information content (AvgIpc) is 1.79. The van der Waals surface area contributed by atoms with Gasteiger partial charge in [-0.1, -0.05) is 18.2 Å². The molecule has 0 aromatic carbocycles. The van der Waals surface area contributed by atoms with Crippen LogP contribution >= 0.6 is 0 Å². The molecule has 0 heterocycles. The van der Waals surface area contributed by atoms with E-state index < -0.39 is 0 Å². The molecular weight excluding hydrogens is 150 g/mol. The monoisotopic (exact) mass is 167 g/mol. The Balaban J connectivity index is 3.99. The maximum atomic E-state index is 11.1. The first kappa shape index (κ1) is 11.0. The van der Waals surface area contributed by atoms with E-state index in [2.05, 4.69) is 11.9 Å². The minimum atomic E-state index is -0.170. The Morgan fingerprint density at radius 1 is 1.33 bits per heavy atom. The second kappa shape index (κ2) is 4.10. The van der Waals surface area contributed by atoms with E-state index in [1.165, 1.54) is 6.08 Å². The van der Waals surface area contributed by atoms with Crippen molar-refractivity contribution in [2.45, 2.75) is 33.2 Å². The fourth-order valence-corrected chi connectivity index (χ4v) is 0.629. The lowest BCUT2D eigenvalue weighted by Gasteiger charge is -2.18. The molecule has 1 amide bonds. The molecule has 0 radical (unpaired) electrons. The fraction of sp³-hybridized carbons (Fsp3) is 0.500. The van der Waals surface area contributed by atoms with Crippen LogP contribution in [0.5, 0.6) is 0 Å². The highest BCUT2D eigenvalue weighted by Gasteiger charge is 2.10. The zero-order valence-electron chi connectivity index (χ0n) is 8.27. The molecule has 0 unspecified atom stereocenters. The summed E-state index contributed by atoms with van der Waals surface area (Å²) in [5.41, 5.74) is 0.704. The first-order valence-electron chi connectivity index (χ1n) is 3.97. The molecule has 0 aliphatic heterocycles. The smallest absolute Gasteiger partial charge is 0.244 e. The van der Waals surface area contributed by atoms with Crippen molar-refractivity contribution >= 4 is 5.91 Å². The van der Waals surface area contributed by atoms with Gasteiger partial charge in [0, 0.05) is 11.6 Å². The van der Waals surface area contributed by atoms with Gasteiger partial charge in [0.25, 0.3) is 0 Å². The van der Waals surface area contributed by atoms with E-state index in [9.17, 15) is 4.79 Å². The molecular formula is C10H17NO. The van der Waals surface area contributed by atoms with Crippen LogP contribution < -0.4 is 5.32 Å². The van der Waals surface area contributed by atoms with E-state index in [1.807, 2.05) is 27.7 Å². The van der Waals surface area contributed by atoms with E-state index in [0.29, 0.717) is 0 Å². The largest absolute Gasteiger partial charge is 0.348 e. The standard InChI is InChI=1S/C10H17NO/c1-8(2)6-7-9(12)11-10(3,4)5/h6-7H,1H2,2-5H3,(H,11,12)/b7-6+. The van der Waals surface area contributed by atoms with Crippen molar-refractivity contribution in [1.29, 1.82) is 0 Å². The van der Waals surface area contributed by atoms with Gasteiger partial charge in [0.15, 0.2) is 0 Å². The van der Waals surface area contributed by atoms with Crippen LogP contribution in [0.1, 0.15) is 27.7 Å². The second-order valence-electron chi connectivity index (χ2n) is 3.92. The van der Waals surface area contributed by atoms with Gasteiger partial charge < -0.3 is 5.32 Å². The van der Waals surface area contributed by atoms with Gasteiger partial charge in [-0.15, -0.1) is 0 Å². The topological polar surface area (TPSA) is 29.1 Å². The number of carbonyl (C=O) groups excluding carboxylic acids is 1. The zero-order chi connectivity index (χ0) is 9.78. The van der Waals surface area contributed by atoms with E-state index in [1.54, 1.807) is 6.08 Å². The highest BCUT2D eigenvalue weighted by molar-refractivity contribution is 5.88. The van der Waals surface area contributed by atoms with Crippen LogP contribution in [0.15, 0.2) is 24.3 Å². The number of amides is 1. The quantitative estimate of drug-likeness (QED) is 0.495. The van der Waals surface area contributed by atoms with Gasteiger partial charge in [-0.25, -0.2) is 0 Å². The normalized spacial score (nSPS) is 11.7. The van der Waals surface area contributed by atoms with E-state index in [-0.39, 0.29) is 11.4 Å². The third-order valence-corrected chi connectivity index (χ3v) is 1.02. The highest BCUT2D eigenvalue weighted by Crippen LogP contribution is 1.98. The van der Waals surface area contributed by atoms with E-state index in [4.69, 9.17) is 0 Å². The molecule has 0 rings (SSSR count). The summed E-state index contributed by atoms with van der Waals surface area (Å²) in [4.78, 5) is 11.1. The summed E-state index contributed by atoms with van der Waals surface area (Å²) in [7, 11) is 0. The lowest BCUT2D eigenvalue weighted by Crippen LogP contribution is -2.39. The van der Waals surface area contributed by atoms with E-state index in [0.717, 1.165) is 5.57 Å². The molecule has 0 aliphatic rings. The molecule has 2 heteroatoms. The summed E-state index contributed by atoms with van der Waals surface area (Å²) >= 11 is 0. The Hall–Kier alpha value is -1.05. The Kier molecular flexibility index (Phi) is 3.74. The molecule has 0 bridgehead atoms. The van der Waals surface area contributed by atoms with Crippen LogP contribution in [0.2, 0.25) is 0 Å². The molecule has 0 aromatic rings. The van der Waals surface area contributed by atoms with Gasteiger partial charge in [0.1, 0.15) is 0 Å². The second-order valence-corrected chi connectivity index (χ2v) is 3.92. The predicted molar refractivity (Wildman–Crippen MR) is 51.8 cm³/mol. The Morgan fingerprint density at radius 3 is 2.17 bits per heavy atom. The first-order chi connectivity index (χ1) is 5.31. The molecule has 0 saturated carbocycles. The van der Waals surface area contributed by atoms with Crippen LogP contribution in [-0.4, -0.2) is 11.4 Å². The van der Waals surface area contributed by atoms with E-state index >= 15 is 0 Å². The van der Waals surface area contributed by atoms with Gasteiger partial charge in [0.2, 0.25) is 5.91 Å². The van der Waals surface area contributed by atoms with Crippen molar-refractivity contribution in [3.8, 4) is 0 Å². The van der Waals surface area contributed by atoms with Gasteiger partial charge in [-0.3, -0.25) is 4.79 Å². The van der Waals surface area contributed by atoms with Crippen molar-refractivity contribution in [3.05, 3.63) is 24.3 Å². The van der Waals surface area contributed by atoms with Crippen molar-refractivity contribution in [1.82, 2.24) is 5.32 Å². The molecule has 0 spiro atoms. The Bertz CT molecular complexity index is 208. The molecule has 0 aromatic heterocycles. The predicted octanol–water partition coefficient (Wildman–Crippen LogP) is 2.03. The zero-order valence-corrected chi connectivity index (χ0v) is 8.27. The van der Waals surface area contributed by atoms with Gasteiger partial charge in [-0.05, 0) is 27.7 Å². The van der Waals surface area contributed by atoms with Crippen molar-refractivity contribution in [2.24, 2.45) is 0 Å². The number of nitrogens with one attached hydrogen (secondary N) is 1. The summed E-state index contributed by atoms with van der Waals surface area (Å²) in [6.07, 6.45) is 3.19. The van der Waals surface area contributed by atoms with Crippen LogP contribution in [0, 0.1) is 0 Å². The van der Waals surface area contributed by atoms with Crippen molar-refractivity contribution < 1.29 is 4.79 Å². The maximum Gasteiger partial charge on any atom is 0.244 e. The summed E-state index contributed by atoms with van der Waals surface area (Å²) < 4.78 is 0. The summed E-state index contributed by atoms with van der Waals surface area (Å²) in [6.45, 7) is 11.3. The number of allylic oxidation sites excluding steroid dienone is 2. The molecule has 0 aliphatic carbocycles. The number of carbonyl (C=O) groups is 1. The Labute approximate surface area is 74.4 Å². The number of rotatable bonds is 2. The number of hydrogen-bond donors (Lipinski definition) is 1. The van der Waals surface area contributed by atoms with Gasteiger partial charge >= 0.3 is 0 Å². The minimum Gasteiger partial charge on any atom is -0.348 e. The lowest BCUT2D eigenvalue weighted by molar-refractivity contribution is -0.117. The summed E-state index contributed by atoms with van der Waals surface area (Å²) in [5.74, 6) is -0.0782. The Morgan fingerprint density at radius 2 is 1.83 bits per heavy atom. The molecule has 0 fully saturated rings. The molecule has 2 nitrogen and oxygen atoms in total. The SMILES string of the molecule is C=C(C)/C=C/C(=O)NC(C)(C)C.